The van der Waals surface area contributed by atoms with Gasteiger partial charge < -0.3 is 20.3 Å². The molecule has 0 saturated carbocycles. The maximum absolute atomic E-state index is 13.7. The summed E-state index contributed by atoms with van der Waals surface area (Å²) in [5.41, 5.74) is 12.1. The molecule has 9 nitrogen and oxygen atoms in total. The minimum absolute atomic E-state index is 0.132. The zero-order valence-corrected chi connectivity index (χ0v) is 19.0. The largest absolute Gasteiger partial charge is 0.497 e. The number of hydrazine groups is 1. The second-order valence-corrected chi connectivity index (χ2v) is 8.60. The Labute approximate surface area is 197 Å². The van der Waals surface area contributed by atoms with Crippen molar-refractivity contribution in [1.29, 1.82) is 0 Å². The summed E-state index contributed by atoms with van der Waals surface area (Å²) in [6, 6.07) is 14.0. The molecule has 3 N–H and O–H groups in total. The van der Waals surface area contributed by atoms with Crippen molar-refractivity contribution in [2.45, 2.75) is 31.7 Å². The van der Waals surface area contributed by atoms with E-state index in [0.29, 0.717) is 48.6 Å². The molecule has 176 valence electrons. The van der Waals surface area contributed by atoms with Crippen LogP contribution in [0.5, 0.6) is 5.75 Å². The summed E-state index contributed by atoms with van der Waals surface area (Å²) in [6.45, 7) is 1.15. The van der Waals surface area contributed by atoms with Crippen molar-refractivity contribution in [2.24, 2.45) is 5.73 Å². The van der Waals surface area contributed by atoms with E-state index >= 15 is 0 Å². The van der Waals surface area contributed by atoms with Crippen LogP contribution in [0.4, 0.5) is 17.1 Å². The smallest absolute Gasteiger partial charge is 0.276 e. The normalized spacial score (nSPS) is 20.6. The third-order valence-corrected chi connectivity index (χ3v) is 6.60. The first-order chi connectivity index (χ1) is 16.5. The molecule has 1 atom stereocenters. The van der Waals surface area contributed by atoms with E-state index in [4.69, 9.17) is 10.5 Å². The van der Waals surface area contributed by atoms with E-state index in [1.807, 2.05) is 36.4 Å². The van der Waals surface area contributed by atoms with Crippen LogP contribution in [0.1, 0.15) is 25.7 Å². The lowest BCUT2D eigenvalue weighted by atomic mass is 9.98. The lowest BCUT2D eigenvalue weighted by molar-refractivity contribution is -0.120. The topological polar surface area (TPSA) is 108 Å². The molecule has 1 fully saturated rings. The third kappa shape index (κ3) is 3.77. The minimum atomic E-state index is -0.740. The highest BCUT2D eigenvalue weighted by atomic mass is 16.5. The Morgan fingerprint density at radius 2 is 1.56 bits per heavy atom. The Kier molecular flexibility index (Phi) is 5.70. The van der Waals surface area contributed by atoms with Crippen LogP contribution in [0, 0.1) is 0 Å². The second-order valence-electron chi connectivity index (χ2n) is 8.60. The van der Waals surface area contributed by atoms with E-state index in [2.05, 4.69) is 5.43 Å². The number of amides is 3. The number of ether oxygens (including phenoxy) is 1. The van der Waals surface area contributed by atoms with Crippen molar-refractivity contribution in [3.05, 3.63) is 59.8 Å². The molecule has 2 aromatic rings. The van der Waals surface area contributed by atoms with Gasteiger partial charge in [-0.15, -0.1) is 0 Å². The number of benzene rings is 2. The quantitative estimate of drug-likeness (QED) is 0.706. The molecule has 5 rings (SSSR count). The monoisotopic (exact) mass is 461 g/mol. The van der Waals surface area contributed by atoms with Gasteiger partial charge in [0.2, 0.25) is 11.8 Å². The van der Waals surface area contributed by atoms with Gasteiger partial charge in [-0.2, -0.15) is 0 Å². The van der Waals surface area contributed by atoms with Gasteiger partial charge in [0.15, 0.2) is 0 Å². The minimum Gasteiger partial charge on any atom is -0.497 e. The summed E-state index contributed by atoms with van der Waals surface area (Å²) in [5.74, 6) is 0.0791. The first-order valence-corrected chi connectivity index (χ1v) is 11.4. The Morgan fingerprint density at radius 3 is 2.18 bits per heavy atom. The van der Waals surface area contributed by atoms with Crippen LogP contribution in [0.25, 0.3) is 0 Å². The fourth-order valence-corrected chi connectivity index (χ4v) is 4.82. The molecule has 3 aliphatic rings. The molecule has 0 aliphatic carbocycles. The number of rotatable bonds is 5. The highest BCUT2D eigenvalue weighted by molar-refractivity contribution is 6.11. The number of carbonyl (C=O) groups is 3. The number of anilines is 3. The van der Waals surface area contributed by atoms with E-state index in [0.717, 1.165) is 24.2 Å². The maximum atomic E-state index is 13.7. The van der Waals surface area contributed by atoms with Crippen molar-refractivity contribution in [3.63, 3.8) is 0 Å². The van der Waals surface area contributed by atoms with Gasteiger partial charge in [0, 0.05) is 30.9 Å². The van der Waals surface area contributed by atoms with Crippen molar-refractivity contribution in [2.75, 3.05) is 35.0 Å². The van der Waals surface area contributed by atoms with Crippen LogP contribution in [0.2, 0.25) is 0 Å². The molecule has 0 radical (unpaired) electrons. The van der Waals surface area contributed by atoms with Gasteiger partial charge in [0.05, 0.1) is 12.8 Å². The van der Waals surface area contributed by atoms with Gasteiger partial charge in [-0.3, -0.25) is 19.4 Å². The zero-order valence-electron chi connectivity index (χ0n) is 19.0. The first kappa shape index (κ1) is 22.0. The Hall–Kier alpha value is -3.85. The van der Waals surface area contributed by atoms with E-state index in [-0.39, 0.29) is 11.8 Å². The number of nitrogens with zero attached hydrogens (tertiary/aromatic N) is 3. The Balaban J connectivity index is 1.44. The van der Waals surface area contributed by atoms with Gasteiger partial charge in [-0.25, -0.2) is 5.43 Å². The average molecular weight is 462 g/mol. The number of nitrogens with one attached hydrogen (secondary N) is 1. The molecular formula is C25H27N5O4. The third-order valence-electron chi connectivity index (χ3n) is 6.60. The number of piperidine rings is 1. The average Bonchev–Trinajstić information content (AvgIpc) is 3.26. The van der Waals surface area contributed by atoms with Crippen LogP contribution in [0.3, 0.4) is 0 Å². The van der Waals surface area contributed by atoms with Crippen LogP contribution >= 0.6 is 0 Å². The fourth-order valence-electron chi connectivity index (χ4n) is 4.82. The summed E-state index contributed by atoms with van der Waals surface area (Å²) in [6.07, 6.45) is 3.00. The van der Waals surface area contributed by atoms with Gasteiger partial charge in [-0.1, -0.05) is 0 Å². The predicted octanol–water partition coefficient (Wildman–Crippen LogP) is 2.08. The van der Waals surface area contributed by atoms with Gasteiger partial charge >= 0.3 is 0 Å². The van der Waals surface area contributed by atoms with Crippen LogP contribution in [-0.2, 0) is 14.4 Å². The summed E-state index contributed by atoms with van der Waals surface area (Å²) >= 11 is 0. The van der Waals surface area contributed by atoms with Crippen LogP contribution in [0.15, 0.2) is 59.8 Å². The summed E-state index contributed by atoms with van der Waals surface area (Å²) in [7, 11) is 1.59. The lowest BCUT2D eigenvalue weighted by Crippen LogP contribution is -2.45. The van der Waals surface area contributed by atoms with E-state index in [9.17, 15) is 14.4 Å². The molecule has 3 aliphatic heterocycles. The van der Waals surface area contributed by atoms with Gasteiger partial charge in [0.25, 0.3) is 5.91 Å². The molecule has 0 aromatic heterocycles. The molecule has 1 unspecified atom stereocenters. The highest BCUT2D eigenvalue weighted by Gasteiger charge is 2.43. The number of hydrogen-bond acceptors (Lipinski definition) is 6. The zero-order chi connectivity index (χ0) is 23.8. The number of carbonyl (C=O) groups excluding carboxylic acids is 3. The standard InChI is InChI=1S/C25H27N5O4/c1-34-19-11-9-18(10-12-19)30-23-20(22(27-30)24(26)32)13-15-29(25(23)33)17-7-5-16(6-8-17)28-14-3-2-4-21(28)31/h5-12,22,27H,2-4,13-15H2,1H3,(H2,26,32). The molecule has 3 heterocycles. The highest BCUT2D eigenvalue weighted by Crippen LogP contribution is 2.36. The molecular weight excluding hydrogens is 434 g/mol. The summed E-state index contributed by atoms with van der Waals surface area (Å²) in [5, 5.41) is 1.64. The number of primary amides is 1. The molecule has 3 amide bonds. The number of hydrogen-bond donors (Lipinski definition) is 2. The van der Waals surface area contributed by atoms with E-state index in [1.54, 1.807) is 34.1 Å². The molecule has 2 aromatic carbocycles. The second kappa shape index (κ2) is 8.83. The molecule has 0 spiro atoms. The molecule has 0 bridgehead atoms. The van der Waals surface area contributed by atoms with E-state index in [1.165, 1.54) is 0 Å². The van der Waals surface area contributed by atoms with Crippen molar-refractivity contribution in [1.82, 2.24) is 5.43 Å². The SMILES string of the molecule is COc1ccc(N2NC(C(N)=O)C3=C2C(=O)N(c2ccc(N4CCCCC4=O)cc2)CC3)cc1. The van der Waals surface area contributed by atoms with Crippen molar-refractivity contribution in [3.8, 4) is 5.75 Å². The molecule has 9 heteroatoms. The molecule has 34 heavy (non-hydrogen) atoms. The first-order valence-electron chi connectivity index (χ1n) is 11.4. The molecule has 1 saturated heterocycles. The fraction of sp³-hybridized carbons (Fsp3) is 0.320. The van der Waals surface area contributed by atoms with E-state index < -0.39 is 11.9 Å². The number of methoxy groups -OCH3 is 1. The van der Waals surface area contributed by atoms with Crippen LogP contribution < -0.4 is 30.7 Å². The van der Waals surface area contributed by atoms with Crippen molar-refractivity contribution < 1.29 is 19.1 Å². The van der Waals surface area contributed by atoms with Crippen LogP contribution in [-0.4, -0.2) is 44.0 Å². The predicted molar refractivity (Wildman–Crippen MR) is 128 cm³/mol. The number of nitrogens with two attached hydrogens (primary N) is 1. The van der Waals surface area contributed by atoms with Gasteiger partial charge in [-0.05, 0) is 73.4 Å². The maximum Gasteiger partial charge on any atom is 0.276 e. The Morgan fingerprint density at radius 1 is 0.912 bits per heavy atom. The summed E-state index contributed by atoms with van der Waals surface area (Å²) < 4.78 is 5.23. The Bertz CT molecular complexity index is 1160. The van der Waals surface area contributed by atoms with Gasteiger partial charge in [0.1, 0.15) is 17.5 Å². The summed E-state index contributed by atoms with van der Waals surface area (Å²) in [4.78, 5) is 41.5. The lowest BCUT2D eigenvalue weighted by Gasteiger charge is -2.32. The van der Waals surface area contributed by atoms with Crippen molar-refractivity contribution >= 4 is 34.8 Å².